The van der Waals surface area contributed by atoms with Crippen molar-refractivity contribution in [3.8, 4) is 0 Å². The summed E-state index contributed by atoms with van der Waals surface area (Å²) in [5.74, 6) is 0.0909. The highest BCUT2D eigenvalue weighted by Gasteiger charge is 2.37. The molecule has 2 fully saturated rings. The van der Waals surface area contributed by atoms with Crippen LogP contribution < -0.4 is 0 Å². The molecule has 0 bridgehead atoms. The fourth-order valence-electron chi connectivity index (χ4n) is 3.75. The Balaban J connectivity index is 1.53. The Hall–Kier alpha value is -2.25. The number of amides is 1. The molecule has 2 aromatic rings. The van der Waals surface area contributed by atoms with E-state index in [1.54, 1.807) is 11.0 Å². The fourth-order valence-corrected chi connectivity index (χ4v) is 3.75. The summed E-state index contributed by atoms with van der Waals surface area (Å²) in [4.78, 5) is 21.4. The molecule has 2 saturated heterocycles. The van der Waals surface area contributed by atoms with E-state index in [1.807, 2.05) is 29.2 Å². The summed E-state index contributed by atoms with van der Waals surface area (Å²) in [6, 6.07) is 8.05. The number of hydrogen-bond acceptors (Lipinski definition) is 5. The zero-order valence-electron chi connectivity index (χ0n) is 14.4. The van der Waals surface area contributed by atoms with Crippen molar-refractivity contribution in [3.63, 3.8) is 0 Å². The van der Waals surface area contributed by atoms with Crippen LogP contribution in [0.25, 0.3) is 0 Å². The Bertz CT molecular complexity index is 733. The standard InChI is InChI=1S/C18H23N5O2/c1-21-8-9-25-17-6-7-22(11-16(17)21)18(24)15-5-3-2-4-14(15)10-23-13-19-12-20-23/h2-5,12-13,16-17H,6-11H2,1H3/t16-,17+/m1/s1. The molecule has 2 atom stereocenters. The van der Waals surface area contributed by atoms with Gasteiger partial charge >= 0.3 is 0 Å². The van der Waals surface area contributed by atoms with E-state index in [0.717, 1.165) is 43.8 Å². The first-order valence-electron chi connectivity index (χ1n) is 8.74. The number of rotatable bonds is 3. The summed E-state index contributed by atoms with van der Waals surface area (Å²) in [5, 5.41) is 4.15. The molecule has 7 heteroatoms. The fraction of sp³-hybridized carbons (Fsp3) is 0.500. The predicted molar refractivity (Wildman–Crippen MR) is 92.2 cm³/mol. The van der Waals surface area contributed by atoms with Crippen LogP contribution in [0.5, 0.6) is 0 Å². The SMILES string of the molecule is CN1CCO[C@H]2CCN(C(=O)c3ccccc3Cn3cncn3)C[C@H]21. The number of ether oxygens (including phenoxy) is 1. The summed E-state index contributed by atoms with van der Waals surface area (Å²) >= 11 is 0. The average Bonchev–Trinajstić information content (AvgIpc) is 3.15. The van der Waals surface area contributed by atoms with E-state index in [9.17, 15) is 4.79 Å². The molecular weight excluding hydrogens is 318 g/mol. The normalized spacial score (nSPS) is 24.1. The zero-order chi connectivity index (χ0) is 17.2. The number of carbonyl (C=O) groups excluding carboxylic acids is 1. The van der Waals surface area contributed by atoms with Gasteiger partial charge in [0.2, 0.25) is 0 Å². The van der Waals surface area contributed by atoms with Gasteiger partial charge in [0.15, 0.2) is 0 Å². The molecule has 0 unspecified atom stereocenters. The van der Waals surface area contributed by atoms with Gasteiger partial charge in [0, 0.05) is 25.2 Å². The van der Waals surface area contributed by atoms with E-state index in [-0.39, 0.29) is 18.1 Å². The lowest BCUT2D eigenvalue weighted by molar-refractivity contribution is -0.0893. The second kappa shape index (κ2) is 6.93. The molecule has 0 N–H and O–H groups in total. The van der Waals surface area contributed by atoms with E-state index in [1.165, 1.54) is 6.33 Å². The van der Waals surface area contributed by atoms with Crippen LogP contribution in [0.3, 0.4) is 0 Å². The number of piperidine rings is 1. The minimum absolute atomic E-state index is 0.0909. The minimum Gasteiger partial charge on any atom is -0.375 e. The van der Waals surface area contributed by atoms with Crippen molar-refractivity contribution in [2.45, 2.75) is 25.1 Å². The molecule has 0 spiro atoms. The number of fused-ring (bicyclic) bond motifs is 1. The van der Waals surface area contributed by atoms with Crippen LogP contribution in [-0.2, 0) is 11.3 Å². The molecule has 7 nitrogen and oxygen atoms in total. The number of likely N-dealkylation sites (tertiary alicyclic amines) is 1. The third-order valence-electron chi connectivity index (χ3n) is 5.20. The summed E-state index contributed by atoms with van der Waals surface area (Å²) in [7, 11) is 2.12. The molecular formula is C18H23N5O2. The largest absolute Gasteiger partial charge is 0.375 e. The van der Waals surface area contributed by atoms with Crippen LogP contribution in [0.15, 0.2) is 36.9 Å². The van der Waals surface area contributed by atoms with Crippen molar-refractivity contribution in [2.24, 2.45) is 0 Å². The maximum Gasteiger partial charge on any atom is 0.254 e. The third kappa shape index (κ3) is 3.29. The van der Waals surface area contributed by atoms with Crippen molar-refractivity contribution >= 4 is 5.91 Å². The van der Waals surface area contributed by atoms with Gasteiger partial charge in [-0.15, -0.1) is 0 Å². The second-order valence-corrected chi connectivity index (χ2v) is 6.75. The van der Waals surface area contributed by atoms with Crippen LogP contribution in [0.2, 0.25) is 0 Å². The Labute approximate surface area is 147 Å². The van der Waals surface area contributed by atoms with Crippen LogP contribution in [-0.4, -0.2) is 75.9 Å². The lowest BCUT2D eigenvalue weighted by Gasteiger charge is -2.45. The van der Waals surface area contributed by atoms with Gasteiger partial charge < -0.3 is 9.64 Å². The van der Waals surface area contributed by atoms with Crippen molar-refractivity contribution < 1.29 is 9.53 Å². The highest BCUT2D eigenvalue weighted by atomic mass is 16.5. The topological polar surface area (TPSA) is 63.5 Å². The number of aromatic nitrogens is 3. The Morgan fingerprint density at radius 2 is 2.20 bits per heavy atom. The van der Waals surface area contributed by atoms with Gasteiger partial charge in [-0.1, -0.05) is 18.2 Å². The summed E-state index contributed by atoms with van der Waals surface area (Å²) in [5.41, 5.74) is 1.71. The first-order valence-corrected chi connectivity index (χ1v) is 8.74. The Morgan fingerprint density at radius 3 is 3.04 bits per heavy atom. The number of hydrogen-bond donors (Lipinski definition) is 0. The van der Waals surface area contributed by atoms with Gasteiger partial charge in [0.25, 0.3) is 5.91 Å². The highest BCUT2D eigenvalue weighted by molar-refractivity contribution is 5.95. The Kier molecular flexibility index (Phi) is 4.50. The third-order valence-corrected chi connectivity index (χ3v) is 5.20. The van der Waals surface area contributed by atoms with E-state index >= 15 is 0 Å². The molecule has 1 amide bonds. The lowest BCUT2D eigenvalue weighted by atomic mass is 9.97. The molecule has 0 aliphatic carbocycles. The van der Waals surface area contributed by atoms with Gasteiger partial charge in [0.05, 0.1) is 25.3 Å². The molecule has 0 saturated carbocycles. The van der Waals surface area contributed by atoms with E-state index < -0.39 is 0 Å². The van der Waals surface area contributed by atoms with Gasteiger partial charge in [-0.2, -0.15) is 5.10 Å². The van der Waals surface area contributed by atoms with Gasteiger partial charge in [-0.05, 0) is 25.1 Å². The smallest absolute Gasteiger partial charge is 0.254 e. The van der Waals surface area contributed by atoms with Crippen molar-refractivity contribution in [3.05, 3.63) is 48.0 Å². The van der Waals surface area contributed by atoms with Gasteiger partial charge in [0.1, 0.15) is 12.7 Å². The first-order chi connectivity index (χ1) is 12.2. The number of nitrogens with zero attached hydrogens (tertiary/aromatic N) is 5. The second-order valence-electron chi connectivity index (χ2n) is 6.75. The van der Waals surface area contributed by atoms with Crippen LogP contribution in [0, 0.1) is 0 Å². The first kappa shape index (κ1) is 16.2. The number of benzene rings is 1. The van der Waals surface area contributed by atoms with E-state index in [4.69, 9.17) is 4.74 Å². The van der Waals surface area contributed by atoms with Gasteiger partial charge in [-0.3, -0.25) is 9.69 Å². The van der Waals surface area contributed by atoms with Crippen molar-refractivity contribution in [1.82, 2.24) is 24.6 Å². The number of morpholine rings is 1. The molecule has 132 valence electrons. The van der Waals surface area contributed by atoms with E-state index in [0.29, 0.717) is 6.54 Å². The molecule has 25 heavy (non-hydrogen) atoms. The molecule has 2 aliphatic rings. The molecule has 2 aliphatic heterocycles. The quantitative estimate of drug-likeness (QED) is 0.829. The zero-order valence-corrected chi connectivity index (χ0v) is 14.4. The molecule has 3 heterocycles. The van der Waals surface area contributed by atoms with Crippen LogP contribution in [0.1, 0.15) is 22.3 Å². The maximum absolute atomic E-state index is 13.2. The van der Waals surface area contributed by atoms with E-state index in [2.05, 4.69) is 22.0 Å². The summed E-state index contributed by atoms with van der Waals surface area (Å²) in [6.07, 6.45) is 4.31. The predicted octanol–water partition coefficient (Wildman–Crippen LogP) is 0.871. The maximum atomic E-state index is 13.2. The molecule has 4 rings (SSSR count). The van der Waals surface area contributed by atoms with Crippen LogP contribution in [0.4, 0.5) is 0 Å². The minimum atomic E-state index is 0.0909. The number of likely N-dealkylation sites (N-methyl/N-ethyl adjacent to an activating group) is 1. The molecule has 1 aromatic carbocycles. The summed E-state index contributed by atoms with van der Waals surface area (Å²) < 4.78 is 7.62. The van der Waals surface area contributed by atoms with Gasteiger partial charge in [-0.25, -0.2) is 9.67 Å². The van der Waals surface area contributed by atoms with Crippen LogP contribution >= 0.6 is 0 Å². The monoisotopic (exact) mass is 341 g/mol. The average molecular weight is 341 g/mol. The number of carbonyl (C=O) groups is 1. The van der Waals surface area contributed by atoms with Crippen molar-refractivity contribution in [1.29, 1.82) is 0 Å². The lowest BCUT2D eigenvalue weighted by Crippen LogP contribution is -2.59. The summed E-state index contributed by atoms with van der Waals surface area (Å²) in [6.45, 7) is 3.71. The molecule has 1 aromatic heterocycles. The van der Waals surface area contributed by atoms with Crippen molar-refractivity contribution in [2.75, 3.05) is 33.3 Å². The highest BCUT2D eigenvalue weighted by Crippen LogP contribution is 2.24. The molecule has 0 radical (unpaired) electrons. The Morgan fingerprint density at radius 1 is 1.32 bits per heavy atom.